The largest absolute Gasteiger partial charge is 0.396 e. The van der Waals surface area contributed by atoms with Gasteiger partial charge in [-0.05, 0) is 74.6 Å². The summed E-state index contributed by atoms with van der Waals surface area (Å²) in [5.74, 6) is 0.494. The predicted molar refractivity (Wildman–Crippen MR) is 109 cm³/mol. The van der Waals surface area contributed by atoms with Gasteiger partial charge in [-0.3, -0.25) is 4.79 Å². The van der Waals surface area contributed by atoms with Crippen LogP contribution in [0, 0.1) is 25.7 Å². The fourth-order valence-corrected chi connectivity index (χ4v) is 5.96. The Balaban J connectivity index is 1.91. The molecule has 2 saturated heterocycles. The average molecular weight is 409 g/mol. The molecule has 1 unspecified atom stereocenters. The van der Waals surface area contributed by atoms with Crippen molar-refractivity contribution in [2.75, 3.05) is 32.8 Å². The molecule has 0 aromatic heterocycles. The van der Waals surface area contributed by atoms with Crippen molar-refractivity contribution in [2.24, 2.45) is 11.8 Å². The molecule has 0 radical (unpaired) electrons. The van der Waals surface area contributed by atoms with Crippen molar-refractivity contribution >= 4 is 15.9 Å². The smallest absolute Gasteiger partial charge is 0.253 e. The van der Waals surface area contributed by atoms with Crippen molar-refractivity contribution in [3.05, 3.63) is 28.8 Å². The molecule has 1 aromatic carbocycles. The molecule has 28 heavy (non-hydrogen) atoms. The number of carbonyl (C=O) groups excluding carboxylic acids is 1. The van der Waals surface area contributed by atoms with E-state index >= 15 is 0 Å². The molecule has 0 bridgehead atoms. The minimum Gasteiger partial charge on any atom is -0.396 e. The normalized spacial score (nSPS) is 22.4. The van der Waals surface area contributed by atoms with Gasteiger partial charge in [-0.25, -0.2) is 8.42 Å². The van der Waals surface area contributed by atoms with Crippen LogP contribution in [-0.4, -0.2) is 61.4 Å². The molecule has 2 aliphatic rings. The molecule has 2 fully saturated rings. The molecule has 6 nitrogen and oxygen atoms in total. The van der Waals surface area contributed by atoms with Crippen LogP contribution in [0.25, 0.3) is 0 Å². The van der Waals surface area contributed by atoms with Crippen molar-refractivity contribution in [2.45, 2.75) is 51.3 Å². The summed E-state index contributed by atoms with van der Waals surface area (Å²) >= 11 is 0. The van der Waals surface area contributed by atoms with E-state index in [2.05, 4.69) is 6.92 Å². The first-order valence-electron chi connectivity index (χ1n) is 10.3. The average Bonchev–Trinajstić information content (AvgIpc) is 2.69. The van der Waals surface area contributed by atoms with Crippen LogP contribution < -0.4 is 0 Å². The van der Waals surface area contributed by atoms with Crippen LogP contribution in [-0.2, 0) is 10.0 Å². The van der Waals surface area contributed by atoms with Gasteiger partial charge in [0.05, 0.1) is 4.90 Å². The number of carbonyl (C=O) groups is 1. The molecule has 1 aromatic rings. The second-order valence-electron chi connectivity index (χ2n) is 8.44. The van der Waals surface area contributed by atoms with Crippen LogP contribution in [0.4, 0.5) is 0 Å². The highest BCUT2D eigenvalue weighted by Crippen LogP contribution is 2.29. The molecule has 1 atom stereocenters. The van der Waals surface area contributed by atoms with E-state index in [9.17, 15) is 18.3 Å². The van der Waals surface area contributed by atoms with Gasteiger partial charge in [0, 0.05) is 38.3 Å². The summed E-state index contributed by atoms with van der Waals surface area (Å²) in [4.78, 5) is 15.1. The third kappa shape index (κ3) is 4.26. The van der Waals surface area contributed by atoms with E-state index in [1.54, 1.807) is 21.3 Å². The molecule has 0 spiro atoms. The van der Waals surface area contributed by atoms with Gasteiger partial charge >= 0.3 is 0 Å². The monoisotopic (exact) mass is 408 g/mol. The zero-order valence-corrected chi connectivity index (χ0v) is 18.0. The van der Waals surface area contributed by atoms with Crippen molar-refractivity contribution in [1.29, 1.82) is 0 Å². The molecular weight excluding hydrogens is 376 g/mol. The van der Waals surface area contributed by atoms with Gasteiger partial charge in [0.1, 0.15) is 0 Å². The maximum absolute atomic E-state index is 13.3. The number of nitrogens with zero attached hydrogens (tertiary/aromatic N) is 2. The molecule has 156 valence electrons. The van der Waals surface area contributed by atoms with E-state index < -0.39 is 10.0 Å². The Hall–Kier alpha value is -1.44. The number of sulfonamides is 1. The number of likely N-dealkylation sites (tertiary alicyclic amines) is 1. The maximum atomic E-state index is 13.3. The van der Waals surface area contributed by atoms with Gasteiger partial charge in [0.25, 0.3) is 5.91 Å². The van der Waals surface area contributed by atoms with E-state index in [0.717, 1.165) is 31.2 Å². The van der Waals surface area contributed by atoms with Crippen molar-refractivity contribution < 1.29 is 18.3 Å². The zero-order chi connectivity index (χ0) is 20.5. The third-order valence-electron chi connectivity index (χ3n) is 6.29. The second kappa shape index (κ2) is 8.51. The summed E-state index contributed by atoms with van der Waals surface area (Å²) in [7, 11) is -3.62. The standard InChI is InChI=1S/C21H32N2O4S/c1-15-6-9-23(10-7-15)28(26,27)20-12-19(11-16(2)17(20)3)21(25)22-8-4-5-18(13-22)14-24/h11-12,15,18,24H,4-10,13-14H2,1-3H3. The lowest BCUT2D eigenvalue weighted by molar-refractivity contribution is 0.0620. The highest BCUT2D eigenvalue weighted by atomic mass is 32.2. The van der Waals surface area contributed by atoms with Crippen LogP contribution >= 0.6 is 0 Å². The summed E-state index contributed by atoms with van der Waals surface area (Å²) in [6.07, 6.45) is 3.51. The Morgan fingerprint density at radius 2 is 1.82 bits per heavy atom. The molecule has 3 rings (SSSR count). The number of hydrogen-bond acceptors (Lipinski definition) is 4. The summed E-state index contributed by atoms with van der Waals surface area (Å²) in [5, 5.41) is 9.43. The Kier molecular flexibility index (Phi) is 6.47. The summed E-state index contributed by atoms with van der Waals surface area (Å²) in [6.45, 7) is 8.13. The molecular formula is C21H32N2O4S. The van der Waals surface area contributed by atoms with Gasteiger partial charge in [0.15, 0.2) is 0 Å². The lowest BCUT2D eigenvalue weighted by atomic mass is 9.97. The molecule has 2 aliphatic heterocycles. The second-order valence-corrected chi connectivity index (χ2v) is 10.4. The number of rotatable bonds is 4. The van der Waals surface area contributed by atoms with E-state index in [0.29, 0.717) is 43.2 Å². The van der Waals surface area contributed by atoms with Crippen LogP contribution in [0.1, 0.15) is 54.1 Å². The van der Waals surface area contributed by atoms with E-state index in [1.807, 2.05) is 13.8 Å². The molecule has 0 saturated carbocycles. The van der Waals surface area contributed by atoms with E-state index in [1.165, 1.54) is 0 Å². The minimum atomic E-state index is -3.62. The number of hydrogen-bond donors (Lipinski definition) is 1. The number of benzene rings is 1. The minimum absolute atomic E-state index is 0.0731. The summed E-state index contributed by atoms with van der Waals surface area (Å²) < 4.78 is 28.1. The predicted octanol–water partition coefficient (Wildman–Crippen LogP) is 2.57. The van der Waals surface area contributed by atoms with Gasteiger partial charge in [-0.15, -0.1) is 0 Å². The molecule has 2 heterocycles. The Bertz CT molecular complexity index is 829. The van der Waals surface area contributed by atoms with Crippen LogP contribution in [0.5, 0.6) is 0 Å². The van der Waals surface area contributed by atoms with Crippen molar-refractivity contribution in [3.63, 3.8) is 0 Å². The van der Waals surface area contributed by atoms with Gasteiger partial charge < -0.3 is 10.0 Å². The van der Waals surface area contributed by atoms with E-state index in [-0.39, 0.29) is 23.3 Å². The fourth-order valence-electron chi connectivity index (χ4n) is 4.16. The lowest BCUT2D eigenvalue weighted by Gasteiger charge is -2.32. The first-order valence-corrected chi connectivity index (χ1v) is 11.7. The van der Waals surface area contributed by atoms with Gasteiger partial charge in [-0.2, -0.15) is 4.31 Å². The number of amides is 1. The zero-order valence-electron chi connectivity index (χ0n) is 17.1. The first-order chi connectivity index (χ1) is 13.2. The van der Waals surface area contributed by atoms with Crippen LogP contribution in [0.3, 0.4) is 0 Å². The first kappa shape index (κ1) is 21.3. The number of aliphatic hydroxyl groups is 1. The lowest BCUT2D eigenvalue weighted by Crippen LogP contribution is -2.41. The highest BCUT2D eigenvalue weighted by Gasteiger charge is 2.31. The van der Waals surface area contributed by atoms with Crippen molar-refractivity contribution in [1.82, 2.24) is 9.21 Å². The number of aliphatic hydroxyl groups excluding tert-OH is 1. The van der Waals surface area contributed by atoms with Gasteiger partial charge in [0.2, 0.25) is 10.0 Å². The molecule has 7 heteroatoms. The quantitative estimate of drug-likeness (QED) is 0.831. The maximum Gasteiger partial charge on any atom is 0.253 e. The molecule has 1 N–H and O–H groups in total. The Labute approximate surface area is 168 Å². The third-order valence-corrected chi connectivity index (χ3v) is 8.32. The summed E-state index contributed by atoms with van der Waals surface area (Å²) in [6, 6.07) is 3.35. The van der Waals surface area contributed by atoms with Crippen LogP contribution in [0.2, 0.25) is 0 Å². The highest BCUT2D eigenvalue weighted by molar-refractivity contribution is 7.89. The number of aryl methyl sites for hydroxylation is 1. The summed E-state index contributed by atoms with van der Waals surface area (Å²) in [5.41, 5.74) is 1.94. The fraction of sp³-hybridized carbons (Fsp3) is 0.667. The molecule has 1 amide bonds. The van der Waals surface area contributed by atoms with Crippen molar-refractivity contribution in [3.8, 4) is 0 Å². The van der Waals surface area contributed by atoms with Crippen LogP contribution in [0.15, 0.2) is 17.0 Å². The Morgan fingerprint density at radius 3 is 2.46 bits per heavy atom. The SMILES string of the molecule is Cc1cc(C(=O)N2CCCC(CO)C2)cc(S(=O)(=O)N2CCC(C)CC2)c1C. The van der Waals surface area contributed by atoms with E-state index in [4.69, 9.17) is 0 Å². The molecule has 0 aliphatic carbocycles. The number of piperidine rings is 2. The Morgan fingerprint density at radius 1 is 1.14 bits per heavy atom. The van der Waals surface area contributed by atoms with Gasteiger partial charge in [-0.1, -0.05) is 6.92 Å². The topological polar surface area (TPSA) is 77.9 Å².